The molecule has 1 amide bonds. The van der Waals surface area contributed by atoms with Gasteiger partial charge in [0.1, 0.15) is 4.88 Å². The molecule has 1 aromatic heterocycles. The van der Waals surface area contributed by atoms with Gasteiger partial charge in [0.05, 0.1) is 5.69 Å². The maximum Gasteiger partial charge on any atom is 0.263 e. The fraction of sp³-hybridized carbons (Fsp3) is 0.438. The molecule has 0 aliphatic heterocycles. The van der Waals surface area contributed by atoms with Crippen molar-refractivity contribution in [2.75, 3.05) is 5.73 Å². The van der Waals surface area contributed by atoms with Crippen LogP contribution in [0, 0.1) is 5.92 Å². The van der Waals surface area contributed by atoms with Gasteiger partial charge in [-0.15, -0.1) is 11.3 Å². The van der Waals surface area contributed by atoms with Gasteiger partial charge in [0, 0.05) is 16.1 Å². The second kappa shape index (κ2) is 5.44. The van der Waals surface area contributed by atoms with E-state index in [-0.39, 0.29) is 5.91 Å². The molecular weight excluding hydrogens is 268 g/mol. The molecule has 3 nitrogen and oxygen atoms in total. The van der Waals surface area contributed by atoms with Gasteiger partial charge < -0.3 is 11.1 Å². The lowest BCUT2D eigenvalue weighted by atomic mass is 9.87. The van der Waals surface area contributed by atoms with Crippen molar-refractivity contribution in [3.05, 3.63) is 29.1 Å². The zero-order valence-electron chi connectivity index (χ0n) is 11.7. The summed E-state index contributed by atoms with van der Waals surface area (Å²) >= 11 is 1.48. The molecule has 20 heavy (non-hydrogen) atoms. The Balaban J connectivity index is 1.80. The summed E-state index contributed by atoms with van der Waals surface area (Å²) in [5.74, 6) is 0.691. The zero-order chi connectivity index (χ0) is 14.1. The van der Waals surface area contributed by atoms with Gasteiger partial charge >= 0.3 is 0 Å². The van der Waals surface area contributed by atoms with Crippen LogP contribution in [0.15, 0.2) is 24.3 Å². The largest absolute Gasteiger partial charge is 0.397 e. The van der Waals surface area contributed by atoms with E-state index < -0.39 is 0 Å². The fourth-order valence-electron chi connectivity index (χ4n) is 3.05. The Morgan fingerprint density at radius 2 is 2.15 bits per heavy atom. The van der Waals surface area contributed by atoms with Gasteiger partial charge in [0.2, 0.25) is 0 Å². The lowest BCUT2D eigenvalue weighted by molar-refractivity contribution is 0.0926. The highest BCUT2D eigenvalue weighted by atomic mass is 32.1. The Hall–Kier alpha value is -1.55. The van der Waals surface area contributed by atoms with E-state index in [1.807, 2.05) is 24.3 Å². The molecule has 0 bridgehead atoms. The van der Waals surface area contributed by atoms with Gasteiger partial charge in [0.15, 0.2) is 0 Å². The normalized spacial score (nSPS) is 22.9. The Labute approximate surface area is 123 Å². The molecule has 1 saturated carbocycles. The first-order valence-corrected chi connectivity index (χ1v) is 8.04. The number of hydrogen-bond acceptors (Lipinski definition) is 3. The van der Waals surface area contributed by atoms with E-state index in [9.17, 15) is 4.79 Å². The molecule has 3 N–H and O–H groups in total. The zero-order valence-corrected chi connectivity index (χ0v) is 12.5. The van der Waals surface area contributed by atoms with E-state index in [1.165, 1.54) is 24.2 Å². The lowest BCUT2D eigenvalue weighted by Crippen LogP contribution is -2.37. The number of fused-ring (bicyclic) bond motifs is 1. The average molecular weight is 288 g/mol. The number of carbonyl (C=O) groups is 1. The summed E-state index contributed by atoms with van der Waals surface area (Å²) in [4.78, 5) is 13.1. The number of hydrogen-bond donors (Lipinski definition) is 2. The van der Waals surface area contributed by atoms with E-state index in [2.05, 4.69) is 12.2 Å². The van der Waals surface area contributed by atoms with E-state index in [1.54, 1.807) is 0 Å². The Morgan fingerprint density at radius 3 is 2.90 bits per heavy atom. The third kappa shape index (κ3) is 2.52. The standard InChI is InChI=1S/C16H20N2OS/c1-10-5-4-6-11(9-10)18-16(19)15-14(17)12-7-2-3-8-13(12)20-15/h2-3,7-8,10-11H,4-6,9,17H2,1H3,(H,18,19). The molecule has 2 aromatic rings. The predicted octanol–water partition coefficient (Wildman–Crippen LogP) is 3.79. The molecule has 0 spiro atoms. The molecule has 1 heterocycles. The minimum Gasteiger partial charge on any atom is -0.397 e. The predicted molar refractivity (Wildman–Crippen MR) is 85.1 cm³/mol. The van der Waals surface area contributed by atoms with Crippen LogP contribution in [0.1, 0.15) is 42.3 Å². The van der Waals surface area contributed by atoms with Crippen molar-refractivity contribution in [1.29, 1.82) is 0 Å². The van der Waals surface area contributed by atoms with Crippen molar-refractivity contribution in [1.82, 2.24) is 5.32 Å². The van der Waals surface area contributed by atoms with Crippen molar-refractivity contribution >= 4 is 33.0 Å². The molecule has 2 unspecified atom stereocenters. The third-order valence-electron chi connectivity index (χ3n) is 4.11. The Morgan fingerprint density at radius 1 is 1.35 bits per heavy atom. The molecule has 106 valence electrons. The maximum atomic E-state index is 12.4. The first kappa shape index (κ1) is 13.4. The van der Waals surface area contributed by atoms with Crippen LogP contribution in [0.5, 0.6) is 0 Å². The summed E-state index contributed by atoms with van der Waals surface area (Å²) in [5, 5.41) is 4.14. The second-order valence-corrected chi connectivity index (χ2v) is 6.84. The minimum absolute atomic E-state index is 0.0113. The molecule has 1 fully saturated rings. The van der Waals surface area contributed by atoms with Crippen LogP contribution in [0.3, 0.4) is 0 Å². The number of anilines is 1. The molecule has 1 aliphatic carbocycles. The van der Waals surface area contributed by atoms with Crippen molar-refractivity contribution in [2.24, 2.45) is 5.92 Å². The second-order valence-electron chi connectivity index (χ2n) is 5.78. The summed E-state index contributed by atoms with van der Waals surface area (Å²) < 4.78 is 1.08. The van der Waals surface area contributed by atoms with Gasteiger partial charge in [0.25, 0.3) is 5.91 Å². The number of rotatable bonds is 2. The Bertz CT molecular complexity index is 634. The molecule has 4 heteroatoms. The molecule has 0 radical (unpaired) electrons. The van der Waals surface area contributed by atoms with E-state index in [0.29, 0.717) is 22.5 Å². The number of nitrogens with two attached hydrogens (primary N) is 1. The number of benzene rings is 1. The van der Waals surface area contributed by atoms with Gasteiger partial charge in [-0.2, -0.15) is 0 Å². The fourth-order valence-corrected chi connectivity index (χ4v) is 4.08. The number of nitrogens with one attached hydrogen (secondary N) is 1. The first-order chi connectivity index (χ1) is 9.65. The van der Waals surface area contributed by atoms with Crippen LogP contribution in [-0.4, -0.2) is 11.9 Å². The average Bonchev–Trinajstić information content (AvgIpc) is 2.77. The molecule has 1 aromatic carbocycles. The number of amides is 1. The van der Waals surface area contributed by atoms with Gasteiger partial charge in [-0.05, 0) is 24.8 Å². The third-order valence-corrected chi connectivity index (χ3v) is 5.30. The first-order valence-electron chi connectivity index (χ1n) is 7.23. The molecule has 1 aliphatic rings. The van der Waals surface area contributed by atoms with Gasteiger partial charge in [-0.25, -0.2) is 0 Å². The van der Waals surface area contributed by atoms with Gasteiger partial charge in [-0.3, -0.25) is 4.79 Å². The highest BCUT2D eigenvalue weighted by Gasteiger charge is 2.23. The molecular formula is C16H20N2OS. The van der Waals surface area contributed by atoms with Crippen LogP contribution in [0.25, 0.3) is 10.1 Å². The summed E-state index contributed by atoms with van der Waals surface area (Å²) in [6.07, 6.45) is 4.64. The SMILES string of the molecule is CC1CCCC(NC(=O)c2sc3ccccc3c2N)C1. The molecule has 0 saturated heterocycles. The van der Waals surface area contributed by atoms with Crippen LogP contribution >= 0.6 is 11.3 Å². The highest BCUT2D eigenvalue weighted by Crippen LogP contribution is 2.33. The maximum absolute atomic E-state index is 12.4. The summed E-state index contributed by atoms with van der Waals surface area (Å²) in [7, 11) is 0. The quantitative estimate of drug-likeness (QED) is 0.883. The summed E-state index contributed by atoms with van der Waals surface area (Å²) in [6.45, 7) is 2.26. The smallest absolute Gasteiger partial charge is 0.263 e. The number of carbonyl (C=O) groups excluding carboxylic acids is 1. The minimum atomic E-state index is -0.0113. The lowest BCUT2D eigenvalue weighted by Gasteiger charge is -2.27. The summed E-state index contributed by atoms with van der Waals surface area (Å²) in [6, 6.07) is 8.21. The monoisotopic (exact) mass is 288 g/mol. The van der Waals surface area contributed by atoms with E-state index in [0.717, 1.165) is 22.9 Å². The topological polar surface area (TPSA) is 55.1 Å². The summed E-state index contributed by atoms with van der Waals surface area (Å²) in [5.41, 5.74) is 6.74. The van der Waals surface area contributed by atoms with Crippen molar-refractivity contribution in [3.63, 3.8) is 0 Å². The van der Waals surface area contributed by atoms with Gasteiger partial charge in [-0.1, -0.05) is 38.0 Å². The van der Waals surface area contributed by atoms with E-state index in [4.69, 9.17) is 5.73 Å². The van der Waals surface area contributed by atoms with Crippen LogP contribution < -0.4 is 11.1 Å². The number of nitrogen functional groups attached to an aromatic ring is 1. The Kier molecular flexibility index (Phi) is 3.66. The van der Waals surface area contributed by atoms with Crippen molar-refractivity contribution in [2.45, 2.75) is 38.6 Å². The van der Waals surface area contributed by atoms with Crippen LogP contribution in [0.4, 0.5) is 5.69 Å². The van der Waals surface area contributed by atoms with Crippen molar-refractivity contribution in [3.8, 4) is 0 Å². The highest BCUT2D eigenvalue weighted by molar-refractivity contribution is 7.21. The van der Waals surface area contributed by atoms with Crippen molar-refractivity contribution < 1.29 is 4.79 Å². The van der Waals surface area contributed by atoms with E-state index >= 15 is 0 Å². The molecule has 2 atom stereocenters. The number of thiophene rings is 1. The van der Waals surface area contributed by atoms with Crippen LogP contribution in [-0.2, 0) is 0 Å². The molecule has 3 rings (SSSR count). The van der Waals surface area contributed by atoms with Crippen LogP contribution in [0.2, 0.25) is 0 Å².